The van der Waals surface area contributed by atoms with Crippen molar-refractivity contribution in [1.82, 2.24) is 10.3 Å². The fourth-order valence-electron chi connectivity index (χ4n) is 0.923. The van der Waals surface area contributed by atoms with E-state index in [4.69, 9.17) is 4.74 Å². The Morgan fingerprint density at radius 2 is 2.33 bits per heavy atom. The lowest BCUT2D eigenvalue weighted by Gasteiger charge is -1.97. The SMILES string of the molecule is CCNCc1nc(C(=O)OCC)cs1.Cl. The highest BCUT2D eigenvalue weighted by atomic mass is 35.5. The monoisotopic (exact) mass is 250 g/mol. The highest BCUT2D eigenvalue weighted by Gasteiger charge is 2.10. The number of rotatable bonds is 5. The molecule has 0 saturated heterocycles. The molecule has 1 N–H and O–H groups in total. The predicted molar refractivity (Wildman–Crippen MR) is 62.7 cm³/mol. The Balaban J connectivity index is 0.00000196. The van der Waals surface area contributed by atoms with Gasteiger partial charge in [0.15, 0.2) is 5.69 Å². The number of halogens is 1. The smallest absolute Gasteiger partial charge is 0.357 e. The number of nitrogens with zero attached hydrogens (tertiary/aromatic N) is 1. The van der Waals surface area contributed by atoms with Crippen LogP contribution in [0.25, 0.3) is 0 Å². The summed E-state index contributed by atoms with van der Waals surface area (Å²) in [6, 6.07) is 0. The van der Waals surface area contributed by atoms with Gasteiger partial charge in [0.05, 0.1) is 6.61 Å². The van der Waals surface area contributed by atoms with Crippen LogP contribution in [0.4, 0.5) is 0 Å². The normalized spacial score (nSPS) is 9.47. The summed E-state index contributed by atoms with van der Waals surface area (Å²) in [6.07, 6.45) is 0. The van der Waals surface area contributed by atoms with Gasteiger partial charge in [0.1, 0.15) is 5.01 Å². The number of carbonyl (C=O) groups excluding carboxylic acids is 1. The summed E-state index contributed by atoms with van der Waals surface area (Å²) in [4.78, 5) is 15.4. The summed E-state index contributed by atoms with van der Waals surface area (Å²) in [6.45, 7) is 5.80. The predicted octanol–water partition coefficient (Wildman–Crippen LogP) is 1.85. The summed E-state index contributed by atoms with van der Waals surface area (Å²) in [7, 11) is 0. The first kappa shape index (κ1) is 14.3. The van der Waals surface area contributed by atoms with Gasteiger partial charge in [-0.15, -0.1) is 23.7 Å². The Morgan fingerprint density at radius 1 is 1.60 bits per heavy atom. The third-order valence-corrected chi connectivity index (χ3v) is 2.41. The Morgan fingerprint density at radius 3 is 2.93 bits per heavy atom. The molecule has 0 bridgehead atoms. The van der Waals surface area contributed by atoms with Gasteiger partial charge in [0.2, 0.25) is 0 Å². The van der Waals surface area contributed by atoms with Crippen LogP contribution >= 0.6 is 23.7 Å². The van der Waals surface area contributed by atoms with Gasteiger partial charge in [-0.2, -0.15) is 0 Å². The van der Waals surface area contributed by atoms with E-state index in [1.54, 1.807) is 12.3 Å². The van der Waals surface area contributed by atoms with Gasteiger partial charge in [0.25, 0.3) is 0 Å². The molecule has 86 valence electrons. The fraction of sp³-hybridized carbons (Fsp3) is 0.556. The second kappa shape index (κ2) is 7.62. The van der Waals surface area contributed by atoms with Crippen LogP contribution in [0.1, 0.15) is 29.3 Å². The molecule has 1 aromatic heterocycles. The molecular weight excluding hydrogens is 236 g/mol. The molecule has 1 rings (SSSR count). The second-order valence-corrected chi connectivity index (χ2v) is 3.57. The molecule has 0 spiro atoms. The maximum Gasteiger partial charge on any atom is 0.357 e. The molecule has 0 aromatic carbocycles. The highest BCUT2D eigenvalue weighted by molar-refractivity contribution is 7.09. The molecule has 15 heavy (non-hydrogen) atoms. The number of aromatic nitrogens is 1. The average molecular weight is 251 g/mol. The number of thiazole rings is 1. The van der Waals surface area contributed by atoms with Crippen molar-refractivity contribution in [3.05, 3.63) is 16.1 Å². The maximum atomic E-state index is 11.2. The van der Waals surface area contributed by atoms with Crippen LogP contribution in [0, 0.1) is 0 Å². The van der Waals surface area contributed by atoms with Gasteiger partial charge in [-0.3, -0.25) is 0 Å². The van der Waals surface area contributed by atoms with Gasteiger partial charge in [-0.1, -0.05) is 6.92 Å². The molecule has 4 nitrogen and oxygen atoms in total. The van der Waals surface area contributed by atoms with E-state index < -0.39 is 0 Å². The number of hydrogen-bond acceptors (Lipinski definition) is 5. The molecule has 0 aliphatic heterocycles. The van der Waals surface area contributed by atoms with Crippen LogP contribution in [0.5, 0.6) is 0 Å². The average Bonchev–Trinajstić information content (AvgIpc) is 2.63. The number of esters is 1. The van der Waals surface area contributed by atoms with Crippen molar-refractivity contribution in [2.75, 3.05) is 13.2 Å². The summed E-state index contributed by atoms with van der Waals surface area (Å²) in [5.41, 5.74) is 0.407. The lowest BCUT2D eigenvalue weighted by Crippen LogP contribution is -2.12. The van der Waals surface area contributed by atoms with Crippen molar-refractivity contribution in [1.29, 1.82) is 0 Å². The molecule has 0 radical (unpaired) electrons. The molecular formula is C9H15ClN2O2S. The molecule has 0 aliphatic rings. The molecule has 0 unspecified atom stereocenters. The minimum absolute atomic E-state index is 0. The van der Waals surface area contributed by atoms with Crippen molar-refractivity contribution < 1.29 is 9.53 Å². The number of carbonyl (C=O) groups is 1. The minimum Gasteiger partial charge on any atom is -0.461 e. The fourth-order valence-corrected chi connectivity index (χ4v) is 1.66. The zero-order chi connectivity index (χ0) is 10.4. The summed E-state index contributed by atoms with van der Waals surface area (Å²) < 4.78 is 4.83. The summed E-state index contributed by atoms with van der Waals surface area (Å²) in [5.74, 6) is -0.341. The molecule has 1 heterocycles. The molecule has 0 amide bonds. The van der Waals surface area contributed by atoms with Gasteiger partial charge in [-0.25, -0.2) is 9.78 Å². The minimum atomic E-state index is -0.341. The van der Waals surface area contributed by atoms with Crippen molar-refractivity contribution in [3.63, 3.8) is 0 Å². The molecule has 0 fully saturated rings. The van der Waals surface area contributed by atoms with Crippen LogP contribution in [-0.2, 0) is 11.3 Å². The number of ether oxygens (including phenoxy) is 1. The van der Waals surface area contributed by atoms with E-state index >= 15 is 0 Å². The van der Waals surface area contributed by atoms with Gasteiger partial charge in [0, 0.05) is 11.9 Å². The van der Waals surface area contributed by atoms with Crippen LogP contribution in [-0.4, -0.2) is 24.1 Å². The van der Waals surface area contributed by atoms with Crippen LogP contribution < -0.4 is 5.32 Å². The lowest BCUT2D eigenvalue weighted by atomic mass is 10.5. The topological polar surface area (TPSA) is 51.2 Å². The van der Waals surface area contributed by atoms with E-state index in [9.17, 15) is 4.79 Å². The Bertz CT molecular complexity index is 304. The molecule has 0 saturated carbocycles. The lowest BCUT2D eigenvalue weighted by molar-refractivity contribution is 0.0520. The largest absolute Gasteiger partial charge is 0.461 e. The summed E-state index contributed by atoms with van der Waals surface area (Å²) in [5, 5.41) is 5.78. The Labute approximate surface area is 99.5 Å². The van der Waals surface area contributed by atoms with Crippen LogP contribution in [0.3, 0.4) is 0 Å². The first-order valence-corrected chi connectivity index (χ1v) is 5.48. The first-order chi connectivity index (χ1) is 6.77. The van der Waals surface area contributed by atoms with Crippen LogP contribution in [0.2, 0.25) is 0 Å². The Kier molecular flexibility index (Phi) is 7.29. The van der Waals surface area contributed by atoms with Crippen molar-refractivity contribution >= 4 is 29.7 Å². The molecule has 0 aliphatic carbocycles. The van der Waals surface area contributed by atoms with Gasteiger partial charge >= 0.3 is 5.97 Å². The summed E-state index contributed by atoms with van der Waals surface area (Å²) >= 11 is 1.47. The van der Waals surface area contributed by atoms with E-state index in [0.717, 1.165) is 11.6 Å². The zero-order valence-corrected chi connectivity index (χ0v) is 10.4. The number of hydrogen-bond donors (Lipinski definition) is 1. The third kappa shape index (κ3) is 4.59. The van der Waals surface area contributed by atoms with Gasteiger partial charge < -0.3 is 10.1 Å². The second-order valence-electron chi connectivity index (χ2n) is 2.63. The standard InChI is InChI=1S/C9H14N2O2S.ClH/c1-3-10-5-8-11-7(6-14-8)9(12)13-4-2;/h6,10H,3-5H2,1-2H3;1H. The van der Waals surface area contributed by atoms with E-state index in [1.165, 1.54) is 11.3 Å². The van der Waals surface area contributed by atoms with Crippen molar-refractivity contribution in [2.24, 2.45) is 0 Å². The zero-order valence-electron chi connectivity index (χ0n) is 8.78. The molecule has 0 atom stereocenters. The third-order valence-electron chi connectivity index (χ3n) is 1.56. The molecule has 6 heteroatoms. The van der Waals surface area contributed by atoms with E-state index in [2.05, 4.69) is 10.3 Å². The van der Waals surface area contributed by atoms with Crippen LogP contribution in [0.15, 0.2) is 5.38 Å². The quantitative estimate of drug-likeness (QED) is 0.811. The van der Waals surface area contributed by atoms with E-state index in [1.807, 2.05) is 6.92 Å². The number of nitrogens with one attached hydrogen (secondary N) is 1. The van der Waals surface area contributed by atoms with E-state index in [-0.39, 0.29) is 18.4 Å². The molecule has 1 aromatic rings. The van der Waals surface area contributed by atoms with E-state index in [0.29, 0.717) is 18.8 Å². The highest BCUT2D eigenvalue weighted by Crippen LogP contribution is 2.10. The first-order valence-electron chi connectivity index (χ1n) is 4.60. The van der Waals surface area contributed by atoms with Crippen molar-refractivity contribution in [2.45, 2.75) is 20.4 Å². The van der Waals surface area contributed by atoms with Crippen molar-refractivity contribution in [3.8, 4) is 0 Å². The maximum absolute atomic E-state index is 11.2. The van der Waals surface area contributed by atoms with Gasteiger partial charge in [-0.05, 0) is 13.5 Å². The Hall–Kier alpha value is -0.650.